The quantitative estimate of drug-likeness (QED) is 0.932. The molecule has 0 saturated carbocycles. The average Bonchev–Trinajstić information content (AvgIpc) is 2.63. The Morgan fingerprint density at radius 3 is 2.54 bits per heavy atom. The molecule has 0 atom stereocenters. The Morgan fingerprint density at radius 2 is 1.88 bits per heavy atom. The number of benzene rings is 1. The van der Waals surface area contributed by atoms with E-state index in [9.17, 15) is 4.79 Å². The van der Waals surface area contributed by atoms with Crippen LogP contribution in [0, 0.1) is 0 Å². The summed E-state index contributed by atoms with van der Waals surface area (Å²) in [5, 5.41) is 2.81. The van der Waals surface area contributed by atoms with Crippen molar-refractivity contribution >= 4 is 17.4 Å². The number of ether oxygens (including phenoxy) is 1. The van der Waals surface area contributed by atoms with Crippen LogP contribution in [0.1, 0.15) is 10.4 Å². The highest BCUT2D eigenvalue weighted by Crippen LogP contribution is 2.20. The topological polar surface area (TPSA) is 57.7 Å². The molecular weight excluding hydrogens is 304 g/mol. The first-order valence-corrected chi connectivity index (χ1v) is 8.01. The van der Waals surface area contributed by atoms with E-state index in [0.29, 0.717) is 17.1 Å². The number of likely N-dealkylation sites (N-methyl/N-ethyl adjacent to an activating group) is 1. The van der Waals surface area contributed by atoms with E-state index in [2.05, 4.69) is 27.1 Å². The molecule has 1 aliphatic rings. The summed E-state index contributed by atoms with van der Waals surface area (Å²) in [6, 6.07) is 11.0. The van der Waals surface area contributed by atoms with Crippen LogP contribution in [0.5, 0.6) is 5.75 Å². The number of aromatic nitrogens is 1. The van der Waals surface area contributed by atoms with E-state index in [1.165, 1.54) is 0 Å². The molecule has 1 N–H and O–H groups in total. The Kier molecular flexibility index (Phi) is 4.96. The summed E-state index contributed by atoms with van der Waals surface area (Å²) < 4.78 is 5.22. The van der Waals surface area contributed by atoms with Crippen LogP contribution in [0.2, 0.25) is 0 Å². The minimum atomic E-state index is -0.229. The van der Waals surface area contributed by atoms with Gasteiger partial charge in [-0.25, -0.2) is 4.98 Å². The second-order valence-electron chi connectivity index (χ2n) is 5.85. The molecule has 1 fully saturated rings. The summed E-state index contributed by atoms with van der Waals surface area (Å²) in [4.78, 5) is 21.4. The number of amides is 1. The lowest BCUT2D eigenvalue weighted by molar-refractivity contribution is 0.102. The second kappa shape index (κ2) is 7.31. The molecule has 2 aromatic rings. The van der Waals surface area contributed by atoms with E-state index in [-0.39, 0.29) is 5.91 Å². The second-order valence-corrected chi connectivity index (χ2v) is 5.85. The molecule has 2 heterocycles. The van der Waals surface area contributed by atoms with Gasteiger partial charge in [0, 0.05) is 26.2 Å². The molecule has 1 amide bonds. The lowest BCUT2D eigenvalue weighted by atomic mass is 10.2. The number of hydrogen-bond donors (Lipinski definition) is 1. The number of carbonyl (C=O) groups is 1. The number of anilines is 2. The van der Waals surface area contributed by atoms with Gasteiger partial charge in [-0.05, 0) is 31.3 Å². The fourth-order valence-electron chi connectivity index (χ4n) is 2.73. The van der Waals surface area contributed by atoms with Gasteiger partial charge < -0.3 is 19.9 Å². The predicted molar refractivity (Wildman–Crippen MR) is 94.9 cm³/mol. The molecule has 3 rings (SSSR count). The largest absolute Gasteiger partial charge is 0.496 e. The molecule has 1 aromatic carbocycles. The molecular formula is C18H22N4O2. The van der Waals surface area contributed by atoms with Gasteiger partial charge in [-0.1, -0.05) is 12.1 Å². The van der Waals surface area contributed by atoms with Gasteiger partial charge in [-0.15, -0.1) is 0 Å². The van der Waals surface area contributed by atoms with E-state index < -0.39 is 0 Å². The van der Waals surface area contributed by atoms with Crippen LogP contribution in [-0.4, -0.2) is 56.1 Å². The van der Waals surface area contributed by atoms with Crippen LogP contribution < -0.4 is 15.0 Å². The van der Waals surface area contributed by atoms with Gasteiger partial charge in [0.2, 0.25) is 0 Å². The Labute approximate surface area is 142 Å². The number of methoxy groups -OCH3 is 1. The molecule has 0 spiro atoms. The molecule has 1 aliphatic heterocycles. The zero-order valence-corrected chi connectivity index (χ0v) is 14.0. The van der Waals surface area contributed by atoms with Crippen LogP contribution in [0.3, 0.4) is 0 Å². The standard InChI is InChI=1S/C18H22N4O2/c1-21-9-11-22(12-10-21)14-7-8-17(19-13-14)20-18(23)15-5-3-4-6-16(15)24-2/h3-8,13H,9-12H2,1-2H3,(H,19,20,23). The first-order chi connectivity index (χ1) is 11.7. The van der Waals surface area contributed by atoms with Crippen molar-refractivity contribution in [3.8, 4) is 5.75 Å². The van der Waals surface area contributed by atoms with Gasteiger partial charge in [0.25, 0.3) is 5.91 Å². The van der Waals surface area contributed by atoms with E-state index >= 15 is 0 Å². The van der Waals surface area contributed by atoms with Crippen molar-refractivity contribution in [3.05, 3.63) is 48.2 Å². The predicted octanol–water partition coefficient (Wildman–Crippen LogP) is 2.09. The van der Waals surface area contributed by atoms with Gasteiger partial charge >= 0.3 is 0 Å². The maximum atomic E-state index is 12.4. The Balaban J connectivity index is 1.67. The number of para-hydroxylation sites is 1. The highest BCUT2D eigenvalue weighted by Gasteiger charge is 2.15. The minimum absolute atomic E-state index is 0.229. The highest BCUT2D eigenvalue weighted by atomic mass is 16.5. The lowest BCUT2D eigenvalue weighted by Crippen LogP contribution is -2.44. The first kappa shape index (κ1) is 16.3. The summed E-state index contributed by atoms with van der Waals surface area (Å²) in [6.07, 6.45) is 1.81. The van der Waals surface area contributed by atoms with E-state index in [1.807, 2.05) is 24.4 Å². The summed E-state index contributed by atoms with van der Waals surface area (Å²) >= 11 is 0. The van der Waals surface area contributed by atoms with Crippen LogP contribution in [0.15, 0.2) is 42.6 Å². The highest BCUT2D eigenvalue weighted by molar-refractivity contribution is 6.05. The van der Waals surface area contributed by atoms with Crippen molar-refractivity contribution in [1.82, 2.24) is 9.88 Å². The van der Waals surface area contributed by atoms with E-state index in [0.717, 1.165) is 31.9 Å². The van der Waals surface area contributed by atoms with Gasteiger partial charge in [0.05, 0.1) is 24.6 Å². The maximum absolute atomic E-state index is 12.4. The summed E-state index contributed by atoms with van der Waals surface area (Å²) in [5.41, 5.74) is 1.57. The van der Waals surface area contributed by atoms with Crippen molar-refractivity contribution in [2.24, 2.45) is 0 Å². The molecule has 1 aromatic heterocycles. The molecule has 24 heavy (non-hydrogen) atoms. The molecule has 0 bridgehead atoms. The SMILES string of the molecule is COc1ccccc1C(=O)Nc1ccc(N2CCN(C)CC2)cn1. The van der Waals surface area contributed by atoms with Crippen molar-refractivity contribution < 1.29 is 9.53 Å². The number of nitrogens with zero attached hydrogens (tertiary/aromatic N) is 3. The lowest BCUT2D eigenvalue weighted by Gasteiger charge is -2.33. The third-order valence-corrected chi connectivity index (χ3v) is 4.21. The van der Waals surface area contributed by atoms with Crippen molar-refractivity contribution in [2.45, 2.75) is 0 Å². The summed E-state index contributed by atoms with van der Waals surface area (Å²) in [5.74, 6) is 0.847. The Morgan fingerprint density at radius 1 is 1.12 bits per heavy atom. The fourth-order valence-corrected chi connectivity index (χ4v) is 2.73. The molecule has 0 unspecified atom stereocenters. The van der Waals surface area contributed by atoms with Crippen molar-refractivity contribution in [1.29, 1.82) is 0 Å². The molecule has 0 radical (unpaired) electrons. The summed E-state index contributed by atoms with van der Waals surface area (Å²) in [6.45, 7) is 4.08. The zero-order valence-electron chi connectivity index (χ0n) is 14.0. The third-order valence-electron chi connectivity index (χ3n) is 4.21. The van der Waals surface area contributed by atoms with Crippen LogP contribution >= 0.6 is 0 Å². The molecule has 0 aliphatic carbocycles. The minimum Gasteiger partial charge on any atom is -0.496 e. The molecule has 6 heteroatoms. The van der Waals surface area contributed by atoms with Crippen LogP contribution in [0.4, 0.5) is 11.5 Å². The van der Waals surface area contributed by atoms with Gasteiger partial charge in [0.1, 0.15) is 11.6 Å². The fraction of sp³-hybridized carbons (Fsp3) is 0.333. The molecule has 126 valence electrons. The smallest absolute Gasteiger partial charge is 0.260 e. The number of rotatable bonds is 4. The molecule has 6 nitrogen and oxygen atoms in total. The summed E-state index contributed by atoms with van der Waals surface area (Å²) in [7, 11) is 3.68. The van der Waals surface area contributed by atoms with Crippen LogP contribution in [-0.2, 0) is 0 Å². The van der Waals surface area contributed by atoms with E-state index in [4.69, 9.17) is 4.74 Å². The van der Waals surface area contributed by atoms with Crippen LogP contribution in [0.25, 0.3) is 0 Å². The Hall–Kier alpha value is -2.60. The average molecular weight is 326 g/mol. The molecule has 1 saturated heterocycles. The number of pyridine rings is 1. The van der Waals surface area contributed by atoms with Gasteiger partial charge in [0.15, 0.2) is 0 Å². The Bertz CT molecular complexity index is 694. The number of carbonyl (C=O) groups excluding carboxylic acids is 1. The first-order valence-electron chi connectivity index (χ1n) is 8.01. The third kappa shape index (κ3) is 3.65. The normalized spacial score (nSPS) is 15.2. The monoisotopic (exact) mass is 326 g/mol. The number of nitrogens with one attached hydrogen (secondary N) is 1. The van der Waals surface area contributed by atoms with Gasteiger partial charge in [-0.3, -0.25) is 4.79 Å². The number of hydrogen-bond acceptors (Lipinski definition) is 5. The number of piperazine rings is 1. The van der Waals surface area contributed by atoms with Crippen molar-refractivity contribution in [2.75, 3.05) is 50.6 Å². The van der Waals surface area contributed by atoms with E-state index in [1.54, 1.807) is 25.3 Å². The maximum Gasteiger partial charge on any atom is 0.260 e. The zero-order chi connectivity index (χ0) is 16.9. The van der Waals surface area contributed by atoms with Crippen molar-refractivity contribution in [3.63, 3.8) is 0 Å². The van der Waals surface area contributed by atoms with Gasteiger partial charge in [-0.2, -0.15) is 0 Å².